The molecule has 0 aliphatic rings. The van der Waals surface area contributed by atoms with Crippen molar-refractivity contribution >= 4 is 52.1 Å². The summed E-state index contributed by atoms with van der Waals surface area (Å²) in [6.07, 6.45) is 0. The highest BCUT2D eigenvalue weighted by molar-refractivity contribution is 7.80. The van der Waals surface area contributed by atoms with Gasteiger partial charge in [-0.15, -0.1) is 0 Å². The summed E-state index contributed by atoms with van der Waals surface area (Å²) >= 11 is 17.2. The molecule has 8 heteroatoms. The van der Waals surface area contributed by atoms with E-state index in [1.54, 1.807) is 54.6 Å². The average Bonchev–Trinajstić information content (AvgIpc) is 3.12. The lowest BCUT2D eigenvalue weighted by molar-refractivity contribution is 0.0977. The van der Waals surface area contributed by atoms with Crippen molar-refractivity contribution in [2.45, 2.75) is 6.61 Å². The minimum Gasteiger partial charge on any atom is -0.459 e. The van der Waals surface area contributed by atoms with Gasteiger partial charge in [-0.05, 0) is 66.8 Å². The second-order valence-electron chi connectivity index (χ2n) is 5.53. The maximum Gasteiger partial charge on any atom is 0.257 e. The number of nitrogens with one attached hydrogen (secondary N) is 2. The third kappa shape index (κ3) is 4.87. The number of thiocarbonyl (C=S) groups is 1. The Morgan fingerprint density at radius 3 is 2.48 bits per heavy atom. The summed E-state index contributed by atoms with van der Waals surface area (Å²) in [4.78, 5) is 12.2. The minimum atomic E-state index is -0.350. The summed E-state index contributed by atoms with van der Waals surface area (Å²) in [5.74, 6) is 0.603. The zero-order valence-electron chi connectivity index (χ0n) is 13.8. The van der Waals surface area contributed by atoms with Gasteiger partial charge in [-0.3, -0.25) is 10.1 Å². The molecule has 0 bridgehead atoms. The zero-order chi connectivity index (χ0) is 19.4. The minimum absolute atomic E-state index is 0.138. The van der Waals surface area contributed by atoms with Gasteiger partial charge in [0.2, 0.25) is 0 Å². The van der Waals surface area contributed by atoms with Crippen molar-refractivity contribution in [3.8, 4) is 11.3 Å². The van der Waals surface area contributed by atoms with Gasteiger partial charge in [0, 0.05) is 21.8 Å². The number of furan rings is 1. The van der Waals surface area contributed by atoms with Crippen LogP contribution in [-0.2, 0) is 6.61 Å². The van der Waals surface area contributed by atoms with E-state index in [0.29, 0.717) is 38.4 Å². The SMILES string of the molecule is O=C(NC(=S)Nc1ccc(Cl)c(-c2ccc(CO)o2)c1)c1ccc(Cl)cc1. The number of anilines is 1. The van der Waals surface area contributed by atoms with Gasteiger partial charge >= 0.3 is 0 Å². The Balaban J connectivity index is 1.71. The van der Waals surface area contributed by atoms with E-state index in [1.807, 2.05) is 0 Å². The lowest BCUT2D eigenvalue weighted by atomic mass is 10.1. The first-order valence-electron chi connectivity index (χ1n) is 7.83. The number of hydrogen-bond donors (Lipinski definition) is 3. The van der Waals surface area contributed by atoms with Crippen molar-refractivity contribution in [2.24, 2.45) is 0 Å². The van der Waals surface area contributed by atoms with Gasteiger partial charge in [0.15, 0.2) is 5.11 Å². The maximum atomic E-state index is 12.2. The molecule has 0 spiro atoms. The normalized spacial score (nSPS) is 10.5. The molecule has 0 aliphatic heterocycles. The molecule has 3 rings (SSSR count). The molecule has 0 unspecified atom stereocenters. The number of carbonyl (C=O) groups is 1. The van der Waals surface area contributed by atoms with E-state index in [-0.39, 0.29) is 17.6 Å². The van der Waals surface area contributed by atoms with E-state index in [4.69, 9.17) is 44.9 Å². The first kappa shape index (κ1) is 19.4. The molecule has 2 aromatic carbocycles. The van der Waals surface area contributed by atoms with E-state index in [9.17, 15) is 4.79 Å². The van der Waals surface area contributed by atoms with Crippen LogP contribution in [0.15, 0.2) is 59.0 Å². The molecular weight excluding hydrogens is 407 g/mol. The molecule has 1 amide bonds. The molecule has 5 nitrogen and oxygen atoms in total. The Labute approximate surface area is 170 Å². The van der Waals surface area contributed by atoms with Crippen LogP contribution in [-0.4, -0.2) is 16.1 Å². The van der Waals surface area contributed by atoms with Crippen LogP contribution in [0.25, 0.3) is 11.3 Å². The summed E-state index contributed by atoms with van der Waals surface area (Å²) in [6.45, 7) is -0.198. The van der Waals surface area contributed by atoms with Gasteiger partial charge in [0.05, 0.1) is 5.02 Å². The predicted octanol–water partition coefficient (Wildman–Crippen LogP) is 4.87. The van der Waals surface area contributed by atoms with Crippen molar-refractivity contribution in [1.29, 1.82) is 0 Å². The molecule has 0 saturated heterocycles. The molecule has 27 heavy (non-hydrogen) atoms. The lowest BCUT2D eigenvalue weighted by Crippen LogP contribution is -2.34. The Hall–Kier alpha value is -2.38. The molecule has 0 saturated carbocycles. The van der Waals surface area contributed by atoms with Crippen molar-refractivity contribution in [2.75, 3.05) is 5.32 Å². The van der Waals surface area contributed by atoms with Crippen LogP contribution in [0.2, 0.25) is 10.0 Å². The summed E-state index contributed by atoms with van der Waals surface area (Å²) in [6, 6.07) is 15.0. The molecule has 1 aromatic heterocycles. The first-order valence-corrected chi connectivity index (χ1v) is 9.00. The average molecular weight is 421 g/mol. The summed E-state index contributed by atoms with van der Waals surface area (Å²) in [5, 5.41) is 15.8. The van der Waals surface area contributed by atoms with Gasteiger partial charge in [0.1, 0.15) is 18.1 Å². The highest BCUT2D eigenvalue weighted by Crippen LogP contribution is 2.32. The van der Waals surface area contributed by atoms with E-state index < -0.39 is 0 Å². The molecular formula is C19H14Cl2N2O3S. The number of amides is 1. The number of aliphatic hydroxyl groups excluding tert-OH is 1. The topological polar surface area (TPSA) is 74.5 Å². The number of hydrogen-bond acceptors (Lipinski definition) is 4. The quantitative estimate of drug-likeness (QED) is 0.524. The number of halogens is 2. The molecule has 3 N–H and O–H groups in total. The van der Waals surface area contributed by atoms with Crippen LogP contribution in [0.1, 0.15) is 16.1 Å². The van der Waals surface area contributed by atoms with Crippen molar-refractivity contribution < 1.29 is 14.3 Å². The van der Waals surface area contributed by atoms with Crippen LogP contribution in [0.5, 0.6) is 0 Å². The van der Waals surface area contributed by atoms with E-state index in [2.05, 4.69) is 10.6 Å². The second kappa shape index (κ2) is 8.54. The number of benzene rings is 2. The highest BCUT2D eigenvalue weighted by atomic mass is 35.5. The fourth-order valence-electron chi connectivity index (χ4n) is 2.34. The molecule has 1 heterocycles. The second-order valence-corrected chi connectivity index (χ2v) is 6.79. The largest absolute Gasteiger partial charge is 0.459 e. The molecule has 138 valence electrons. The van der Waals surface area contributed by atoms with Crippen LogP contribution in [0, 0.1) is 0 Å². The first-order chi connectivity index (χ1) is 13.0. The number of aliphatic hydroxyl groups is 1. The van der Waals surface area contributed by atoms with Gasteiger partial charge in [-0.1, -0.05) is 23.2 Å². The van der Waals surface area contributed by atoms with Crippen molar-refractivity contribution in [3.05, 3.63) is 76.0 Å². The Morgan fingerprint density at radius 2 is 1.81 bits per heavy atom. The van der Waals surface area contributed by atoms with Crippen molar-refractivity contribution in [3.63, 3.8) is 0 Å². The summed E-state index contributed by atoms with van der Waals surface area (Å²) < 4.78 is 5.52. The van der Waals surface area contributed by atoms with E-state index in [0.717, 1.165) is 0 Å². The molecule has 0 atom stereocenters. The Morgan fingerprint density at radius 1 is 1.07 bits per heavy atom. The fourth-order valence-corrected chi connectivity index (χ4v) is 2.89. The number of rotatable bonds is 4. The molecule has 3 aromatic rings. The smallest absolute Gasteiger partial charge is 0.257 e. The molecule has 0 aliphatic carbocycles. The Kier molecular flexibility index (Phi) is 6.13. The van der Waals surface area contributed by atoms with E-state index in [1.165, 1.54) is 0 Å². The van der Waals surface area contributed by atoms with Crippen LogP contribution < -0.4 is 10.6 Å². The van der Waals surface area contributed by atoms with E-state index >= 15 is 0 Å². The molecule has 0 fully saturated rings. The zero-order valence-corrected chi connectivity index (χ0v) is 16.2. The van der Waals surface area contributed by atoms with Gasteiger partial charge in [-0.2, -0.15) is 0 Å². The fraction of sp³-hybridized carbons (Fsp3) is 0.0526. The van der Waals surface area contributed by atoms with Crippen LogP contribution >= 0.6 is 35.4 Å². The van der Waals surface area contributed by atoms with Crippen LogP contribution in [0.3, 0.4) is 0 Å². The van der Waals surface area contributed by atoms with Crippen molar-refractivity contribution in [1.82, 2.24) is 5.32 Å². The predicted molar refractivity (Wildman–Crippen MR) is 110 cm³/mol. The highest BCUT2D eigenvalue weighted by Gasteiger charge is 2.12. The maximum absolute atomic E-state index is 12.2. The Bertz CT molecular complexity index is 987. The third-order valence-electron chi connectivity index (χ3n) is 3.64. The van der Waals surface area contributed by atoms with Gasteiger partial charge in [0.25, 0.3) is 5.91 Å². The van der Waals surface area contributed by atoms with Gasteiger partial charge in [-0.25, -0.2) is 0 Å². The lowest BCUT2D eigenvalue weighted by Gasteiger charge is -2.11. The summed E-state index contributed by atoms with van der Waals surface area (Å²) in [7, 11) is 0. The molecule has 0 radical (unpaired) electrons. The number of carbonyl (C=O) groups excluding carboxylic acids is 1. The monoisotopic (exact) mass is 420 g/mol. The van der Waals surface area contributed by atoms with Crippen LogP contribution in [0.4, 0.5) is 5.69 Å². The third-order valence-corrected chi connectivity index (χ3v) is 4.43. The standard InChI is InChI=1S/C19H14Cl2N2O3S/c20-12-3-1-11(2-4-12)18(25)23-19(27)22-13-5-7-16(21)15(9-13)17-8-6-14(10-24)26-17/h1-9,24H,10H2,(H2,22,23,25,27). The summed E-state index contributed by atoms with van der Waals surface area (Å²) in [5.41, 5.74) is 1.69. The van der Waals surface area contributed by atoms with Gasteiger partial charge < -0.3 is 14.8 Å².